The highest BCUT2D eigenvalue weighted by Gasteiger charge is 2.31. The summed E-state index contributed by atoms with van der Waals surface area (Å²) < 4.78 is 39.7. The van der Waals surface area contributed by atoms with Gasteiger partial charge in [0.15, 0.2) is 0 Å². The Balaban J connectivity index is 2.44. The van der Waals surface area contributed by atoms with Crippen LogP contribution in [-0.2, 0) is 12.7 Å². The van der Waals surface area contributed by atoms with E-state index in [0.717, 1.165) is 12.1 Å². The molecule has 0 spiro atoms. The average Bonchev–Trinajstić information content (AvgIpc) is 2.76. The van der Waals surface area contributed by atoms with Crippen molar-refractivity contribution in [1.82, 2.24) is 10.0 Å². The fourth-order valence-electron chi connectivity index (χ4n) is 2.04. The Kier molecular flexibility index (Phi) is 4.20. The second-order valence-electron chi connectivity index (χ2n) is 4.29. The molecule has 2 N–H and O–H groups in total. The summed E-state index contributed by atoms with van der Waals surface area (Å²) >= 11 is 0. The van der Waals surface area contributed by atoms with Crippen LogP contribution in [0.15, 0.2) is 24.4 Å². The summed E-state index contributed by atoms with van der Waals surface area (Å²) in [5.74, 6) is 0. The number of hydrogen-bond acceptors (Lipinski definition) is 3. The maximum absolute atomic E-state index is 12.8. The van der Waals surface area contributed by atoms with Gasteiger partial charge in [-0.05, 0) is 23.8 Å². The van der Waals surface area contributed by atoms with E-state index in [1.54, 1.807) is 6.20 Å². The Morgan fingerprint density at radius 3 is 2.70 bits per heavy atom. The predicted molar refractivity (Wildman–Crippen MR) is 68.2 cm³/mol. The lowest BCUT2D eigenvalue weighted by molar-refractivity contribution is -0.137. The third-order valence-electron chi connectivity index (χ3n) is 2.98. The largest absolute Gasteiger partial charge is 0.417 e. The van der Waals surface area contributed by atoms with E-state index in [-0.39, 0.29) is 6.61 Å². The van der Waals surface area contributed by atoms with Gasteiger partial charge in [-0.1, -0.05) is 0 Å². The van der Waals surface area contributed by atoms with Crippen molar-refractivity contribution in [2.75, 3.05) is 20.3 Å². The van der Waals surface area contributed by atoms with Crippen LogP contribution in [0.5, 0.6) is 0 Å². The van der Waals surface area contributed by atoms with Crippen molar-refractivity contribution in [2.24, 2.45) is 0 Å². The number of benzene rings is 1. The highest BCUT2D eigenvalue weighted by Crippen LogP contribution is 2.32. The Morgan fingerprint density at radius 1 is 1.35 bits per heavy atom. The van der Waals surface area contributed by atoms with E-state index in [4.69, 9.17) is 9.94 Å². The zero-order chi connectivity index (χ0) is 14.8. The van der Waals surface area contributed by atoms with Gasteiger partial charge in [0, 0.05) is 24.7 Å². The van der Waals surface area contributed by atoms with Gasteiger partial charge in [0.05, 0.1) is 17.7 Å². The SMILES string of the molecule is COn1cc(CNCCO)c2cc(C(F)(F)F)ccc21. The molecule has 0 bridgehead atoms. The third kappa shape index (κ3) is 2.88. The molecule has 0 saturated heterocycles. The number of aliphatic hydroxyl groups excluding tert-OH is 1. The first-order valence-corrected chi connectivity index (χ1v) is 6.04. The van der Waals surface area contributed by atoms with E-state index >= 15 is 0 Å². The fourth-order valence-corrected chi connectivity index (χ4v) is 2.04. The number of alkyl halides is 3. The monoisotopic (exact) mass is 288 g/mol. The molecule has 0 saturated carbocycles. The molecule has 0 aliphatic heterocycles. The van der Waals surface area contributed by atoms with E-state index in [1.165, 1.54) is 17.9 Å². The van der Waals surface area contributed by atoms with E-state index in [2.05, 4.69) is 5.32 Å². The lowest BCUT2D eigenvalue weighted by atomic mass is 10.1. The number of rotatable bonds is 5. The normalized spacial score (nSPS) is 12.1. The zero-order valence-corrected chi connectivity index (χ0v) is 10.9. The summed E-state index contributed by atoms with van der Waals surface area (Å²) in [6.07, 6.45) is -2.74. The molecule has 0 atom stereocenters. The minimum absolute atomic E-state index is 0.0310. The van der Waals surface area contributed by atoms with Crippen molar-refractivity contribution in [2.45, 2.75) is 12.7 Å². The van der Waals surface area contributed by atoms with Crippen molar-refractivity contribution < 1.29 is 23.1 Å². The van der Waals surface area contributed by atoms with Crippen LogP contribution in [0.2, 0.25) is 0 Å². The first kappa shape index (κ1) is 14.7. The Hall–Kier alpha value is -1.73. The lowest BCUT2D eigenvalue weighted by Crippen LogP contribution is -2.17. The quantitative estimate of drug-likeness (QED) is 0.825. The van der Waals surface area contributed by atoms with Gasteiger partial charge in [0.2, 0.25) is 0 Å². The van der Waals surface area contributed by atoms with Crippen molar-refractivity contribution in [3.8, 4) is 0 Å². The van der Waals surface area contributed by atoms with Crippen molar-refractivity contribution >= 4 is 10.9 Å². The molecular formula is C13H15F3N2O2. The standard InChI is InChI=1S/C13H15F3N2O2/c1-20-18-8-9(7-17-4-5-19)11-6-10(13(14,15)16)2-3-12(11)18/h2-3,6,8,17,19H,4-5,7H2,1H3. The Morgan fingerprint density at radius 2 is 2.10 bits per heavy atom. The van der Waals surface area contributed by atoms with Crippen LogP contribution in [0.1, 0.15) is 11.1 Å². The number of aliphatic hydroxyl groups is 1. The zero-order valence-electron chi connectivity index (χ0n) is 10.9. The van der Waals surface area contributed by atoms with Crippen LogP contribution in [0.4, 0.5) is 13.2 Å². The highest BCUT2D eigenvalue weighted by molar-refractivity contribution is 5.84. The first-order valence-electron chi connectivity index (χ1n) is 6.04. The van der Waals surface area contributed by atoms with Gasteiger partial charge in [0.1, 0.15) is 7.11 Å². The molecule has 0 fully saturated rings. The Bertz CT molecular complexity index is 593. The minimum Gasteiger partial charge on any atom is -0.417 e. The summed E-state index contributed by atoms with van der Waals surface area (Å²) in [6, 6.07) is 3.53. The molecule has 20 heavy (non-hydrogen) atoms. The number of hydrogen-bond donors (Lipinski definition) is 2. The van der Waals surface area contributed by atoms with Gasteiger partial charge >= 0.3 is 6.18 Å². The maximum atomic E-state index is 12.8. The maximum Gasteiger partial charge on any atom is 0.416 e. The summed E-state index contributed by atoms with van der Waals surface area (Å²) in [5, 5.41) is 12.1. The van der Waals surface area contributed by atoms with Crippen LogP contribution >= 0.6 is 0 Å². The van der Waals surface area contributed by atoms with Gasteiger partial charge in [-0.3, -0.25) is 0 Å². The summed E-state index contributed by atoms with van der Waals surface area (Å²) in [7, 11) is 1.45. The molecule has 7 heteroatoms. The van der Waals surface area contributed by atoms with Gasteiger partial charge in [-0.25, -0.2) is 0 Å². The molecule has 0 aliphatic carbocycles. The van der Waals surface area contributed by atoms with Gasteiger partial charge in [0.25, 0.3) is 0 Å². The highest BCUT2D eigenvalue weighted by atomic mass is 19.4. The summed E-state index contributed by atoms with van der Waals surface area (Å²) in [5.41, 5.74) is 0.560. The van der Waals surface area contributed by atoms with Crippen LogP contribution < -0.4 is 10.2 Å². The number of fused-ring (bicyclic) bond motifs is 1. The average molecular weight is 288 g/mol. The summed E-state index contributed by atoms with van der Waals surface area (Å²) in [4.78, 5) is 5.10. The third-order valence-corrected chi connectivity index (χ3v) is 2.98. The molecular weight excluding hydrogens is 273 g/mol. The molecule has 0 aliphatic rings. The predicted octanol–water partition coefficient (Wildman–Crippen LogP) is 1.80. The number of nitrogens with one attached hydrogen (secondary N) is 1. The minimum atomic E-state index is -4.38. The lowest BCUT2D eigenvalue weighted by Gasteiger charge is -2.08. The van der Waals surface area contributed by atoms with Crippen LogP contribution in [0, 0.1) is 0 Å². The van der Waals surface area contributed by atoms with Gasteiger partial charge < -0.3 is 15.3 Å². The molecule has 2 rings (SSSR count). The van der Waals surface area contributed by atoms with Crippen molar-refractivity contribution in [3.05, 3.63) is 35.5 Å². The van der Waals surface area contributed by atoms with Crippen LogP contribution in [0.3, 0.4) is 0 Å². The molecule has 0 radical (unpaired) electrons. The van der Waals surface area contributed by atoms with Crippen molar-refractivity contribution in [1.29, 1.82) is 0 Å². The fraction of sp³-hybridized carbons (Fsp3) is 0.385. The van der Waals surface area contributed by atoms with Crippen LogP contribution in [-0.4, -0.2) is 30.1 Å². The molecule has 2 aromatic rings. The molecule has 1 heterocycles. The number of nitrogens with zero attached hydrogens (tertiary/aromatic N) is 1. The second kappa shape index (κ2) is 5.72. The van der Waals surface area contributed by atoms with E-state index < -0.39 is 11.7 Å². The van der Waals surface area contributed by atoms with Crippen LogP contribution in [0.25, 0.3) is 10.9 Å². The summed E-state index contributed by atoms with van der Waals surface area (Å²) in [6.45, 7) is 0.698. The van der Waals surface area contributed by atoms with E-state index in [9.17, 15) is 13.2 Å². The van der Waals surface area contributed by atoms with Crippen molar-refractivity contribution in [3.63, 3.8) is 0 Å². The van der Waals surface area contributed by atoms with E-state index in [1.807, 2.05) is 0 Å². The molecule has 1 aromatic carbocycles. The number of aromatic nitrogens is 1. The molecule has 1 aromatic heterocycles. The molecule has 110 valence electrons. The van der Waals surface area contributed by atoms with Gasteiger partial charge in [-0.15, -0.1) is 0 Å². The molecule has 4 nitrogen and oxygen atoms in total. The second-order valence-corrected chi connectivity index (χ2v) is 4.29. The topological polar surface area (TPSA) is 46.4 Å². The smallest absolute Gasteiger partial charge is 0.416 e. The van der Waals surface area contributed by atoms with E-state index in [0.29, 0.717) is 29.6 Å². The molecule has 0 unspecified atom stereocenters. The van der Waals surface area contributed by atoms with Gasteiger partial charge in [-0.2, -0.15) is 17.9 Å². The first-order chi connectivity index (χ1) is 9.47. The number of halogens is 3. The Labute approximate surface area is 113 Å². The molecule has 0 amide bonds.